The SMILES string of the molecule is Cc1cc2c(NCCC(=O)NCCCCN3CCCC3)ncnc2s1. The molecular weight excluding hydrogens is 334 g/mol. The third-order valence-electron chi connectivity index (χ3n) is 4.52. The number of aromatic nitrogens is 2. The quantitative estimate of drug-likeness (QED) is 0.672. The minimum atomic E-state index is 0.0977. The van der Waals surface area contributed by atoms with Gasteiger partial charge in [0.1, 0.15) is 17.0 Å². The Bertz CT molecular complexity index is 696. The van der Waals surface area contributed by atoms with Gasteiger partial charge in [-0.15, -0.1) is 11.3 Å². The maximum absolute atomic E-state index is 11.9. The fourth-order valence-corrected chi connectivity index (χ4v) is 4.04. The van der Waals surface area contributed by atoms with Crippen LogP contribution in [0.4, 0.5) is 5.82 Å². The number of carbonyl (C=O) groups excluding carboxylic acids is 1. The van der Waals surface area contributed by atoms with Crippen molar-refractivity contribution in [2.45, 2.75) is 39.0 Å². The fraction of sp³-hybridized carbons (Fsp3) is 0.611. The highest BCUT2D eigenvalue weighted by atomic mass is 32.1. The van der Waals surface area contributed by atoms with E-state index in [0.29, 0.717) is 13.0 Å². The molecule has 25 heavy (non-hydrogen) atoms. The van der Waals surface area contributed by atoms with Gasteiger partial charge in [-0.2, -0.15) is 0 Å². The van der Waals surface area contributed by atoms with Gasteiger partial charge in [-0.3, -0.25) is 4.79 Å². The number of aryl methyl sites for hydroxylation is 1. The van der Waals surface area contributed by atoms with E-state index in [1.54, 1.807) is 17.7 Å². The highest BCUT2D eigenvalue weighted by Gasteiger charge is 2.10. The molecule has 0 spiro atoms. The average Bonchev–Trinajstić information content (AvgIpc) is 3.23. The second-order valence-electron chi connectivity index (χ2n) is 6.58. The van der Waals surface area contributed by atoms with Crippen LogP contribution in [0.5, 0.6) is 0 Å². The lowest BCUT2D eigenvalue weighted by atomic mass is 10.3. The van der Waals surface area contributed by atoms with Gasteiger partial charge in [0, 0.05) is 24.4 Å². The average molecular weight is 362 g/mol. The Labute approximate surface area is 153 Å². The summed E-state index contributed by atoms with van der Waals surface area (Å²) in [5.41, 5.74) is 0. The maximum Gasteiger partial charge on any atom is 0.221 e. The van der Waals surface area contributed by atoms with Crippen LogP contribution in [-0.2, 0) is 4.79 Å². The van der Waals surface area contributed by atoms with Crippen molar-refractivity contribution in [3.63, 3.8) is 0 Å². The second kappa shape index (κ2) is 9.10. The molecule has 136 valence electrons. The molecular formula is C18H27N5OS. The molecule has 0 bridgehead atoms. The Kier molecular flexibility index (Phi) is 6.58. The molecule has 2 N–H and O–H groups in total. The molecule has 0 saturated carbocycles. The summed E-state index contributed by atoms with van der Waals surface area (Å²) < 4.78 is 0. The molecule has 6 nitrogen and oxygen atoms in total. The minimum Gasteiger partial charge on any atom is -0.369 e. The molecule has 0 atom stereocenters. The van der Waals surface area contributed by atoms with Crippen molar-refractivity contribution >= 4 is 33.3 Å². The van der Waals surface area contributed by atoms with Gasteiger partial charge in [0.15, 0.2) is 0 Å². The van der Waals surface area contributed by atoms with E-state index in [9.17, 15) is 4.79 Å². The molecule has 0 unspecified atom stereocenters. The molecule has 7 heteroatoms. The third kappa shape index (κ3) is 5.37. The zero-order valence-electron chi connectivity index (χ0n) is 14.9. The van der Waals surface area contributed by atoms with Crippen LogP contribution in [0.25, 0.3) is 10.2 Å². The lowest BCUT2D eigenvalue weighted by Crippen LogP contribution is -2.27. The van der Waals surface area contributed by atoms with E-state index in [1.807, 2.05) is 0 Å². The Morgan fingerprint density at radius 2 is 2.08 bits per heavy atom. The van der Waals surface area contributed by atoms with Crippen molar-refractivity contribution in [1.29, 1.82) is 0 Å². The summed E-state index contributed by atoms with van der Waals surface area (Å²) in [6, 6.07) is 2.09. The maximum atomic E-state index is 11.9. The second-order valence-corrected chi connectivity index (χ2v) is 7.82. The number of hydrogen-bond donors (Lipinski definition) is 2. The molecule has 1 saturated heterocycles. The lowest BCUT2D eigenvalue weighted by Gasteiger charge is -2.14. The van der Waals surface area contributed by atoms with E-state index in [0.717, 1.165) is 35.4 Å². The molecule has 0 radical (unpaired) electrons. The monoisotopic (exact) mass is 361 g/mol. The highest BCUT2D eigenvalue weighted by Crippen LogP contribution is 2.27. The molecule has 1 fully saturated rings. The van der Waals surface area contributed by atoms with Crippen molar-refractivity contribution < 1.29 is 4.79 Å². The van der Waals surface area contributed by atoms with Crippen LogP contribution in [0, 0.1) is 6.92 Å². The summed E-state index contributed by atoms with van der Waals surface area (Å²) >= 11 is 1.66. The van der Waals surface area contributed by atoms with Crippen LogP contribution in [0.15, 0.2) is 12.4 Å². The van der Waals surface area contributed by atoms with Crippen molar-refractivity contribution in [3.05, 3.63) is 17.3 Å². The minimum absolute atomic E-state index is 0.0977. The number of anilines is 1. The first-order chi connectivity index (χ1) is 12.2. The van der Waals surface area contributed by atoms with Crippen LogP contribution >= 0.6 is 11.3 Å². The van der Waals surface area contributed by atoms with Crippen molar-refractivity contribution in [3.8, 4) is 0 Å². The normalized spacial score (nSPS) is 14.9. The molecule has 3 rings (SSSR count). The highest BCUT2D eigenvalue weighted by molar-refractivity contribution is 7.18. The number of hydrogen-bond acceptors (Lipinski definition) is 6. The first kappa shape index (κ1) is 18.1. The number of likely N-dealkylation sites (tertiary alicyclic amines) is 1. The summed E-state index contributed by atoms with van der Waals surface area (Å²) in [6.07, 6.45) is 6.92. The summed E-state index contributed by atoms with van der Waals surface area (Å²) in [5.74, 6) is 0.910. The number of carbonyl (C=O) groups is 1. The standard InChI is InChI=1S/C18H27N5OS/c1-14-12-15-17(21-13-22-18(15)25-14)20-8-6-16(24)19-7-2-3-9-23-10-4-5-11-23/h12-13H,2-11H2,1H3,(H,19,24)(H,20,21,22). The van der Waals surface area contributed by atoms with Gasteiger partial charge < -0.3 is 15.5 Å². The summed E-state index contributed by atoms with van der Waals surface area (Å²) in [4.78, 5) is 25.2. The molecule has 2 aromatic rings. The number of amides is 1. The van der Waals surface area contributed by atoms with Crippen LogP contribution in [0.2, 0.25) is 0 Å². The molecule has 3 heterocycles. The zero-order valence-corrected chi connectivity index (χ0v) is 15.7. The first-order valence-electron chi connectivity index (χ1n) is 9.16. The number of nitrogens with one attached hydrogen (secondary N) is 2. The van der Waals surface area contributed by atoms with E-state index < -0.39 is 0 Å². The Balaban J connectivity index is 1.31. The summed E-state index contributed by atoms with van der Waals surface area (Å²) in [6.45, 7) is 7.08. The number of fused-ring (bicyclic) bond motifs is 1. The smallest absolute Gasteiger partial charge is 0.221 e. The number of nitrogens with zero attached hydrogens (tertiary/aromatic N) is 3. The first-order valence-corrected chi connectivity index (χ1v) is 9.98. The van der Waals surface area contributed by atoms with E-state index in [-0.39, 0.29) is 5.91 Å². The molecule has 0 aliphatic carbocycles. The number of thiophene rings is 1. The Morgan fingerprint density at radius 1 is 1.24 bits per heavy atom. The molecule has 1 amide bonds. The Morgan fingerprint density at radius 3 is 2.92 bits per heavy atom. The van der Waals surface area contributed by atoms with E-state index in [1.165, 1.54) is 37.4 Å². The number of rotatable bonds is 9. The molecule has 0 aromatic carbocycles. The van der Waals surface area contributed by atoms with Crippen LogP contribution in [0.3, 0.4) is 0 Å². The van der Waals surface area contributed by atoms with Crippen LogP contribution < -0.4 is 10.6 Å². The van der Waals surface area contributed by atoms with E-state index >= 15 is 0 Å². The molecule has 1 aliphatic rings. The fourth-order valence-electron chi connectivity index (χ4n) is 3.19. The summed E-state index contributed by atoms with van der Waals surface area (Å²) in [5, 5.41) is 7.30. The van der Waals surface area contributed by atoms with Crippen molar-refractivity contribution in [2.24, 2.45) is 0 Å². The molecule has 2 aromatic heterocycles. The van der Waals surface area contributed by atoms with Crippen LogP contribution in [0.1, 0.15) is 37.0 Å². The van der Waals surface area contributed by atoms with E-state index in [2.05, 4.69) is 38.5 Å². The number of unbranched alkanes of at least 4 members (excludes halogenated alkanes) is 1. The summed E-state index contributed by atoms with van der Waals surface area (Å²) in [7, 11) is 0. The van der Waals surface area contributed by atoms with E-state index in [4.69, 9.17) is 0 Å². The molecule has 1 aliphatic heterocycles. The van der Waals surface area contributed by atoms with Gasteiger partial charge >= 0.3 is 0 Å². The van der Waals surface area contributed by atoms with Gasteiger partial charge in [-0.25, -0.2) is 9.97 Å². The Hall–Kier alpha value is -1.73. The van der Waals surface area contributed by atoms with Gasteiger partial charge in [-0.05, 0) is 58.3 Å². The van der Waals surface area contributed by atoms with Crippen molar-refractivity contribution in [2.75, 3.05) is 38.0 Å². The largest absolute Gasteiger partial charge is 0.369 e. The van der Waals surface area contributed by atoms with Crippen LogP contribution in [-0.4, -0.2) is 53.5 Å². The topological polar surface area (TPSA) is 70.2 Å². The van der Waals surface area contributed by atoms with Gasteiger partial charge in [0.25, 0.3) is 0 Å². The van der Waals surface area contributed by atoms with Gasteiger partial charge in [-0.1, -0.05) is 0 Å². The predicted octanol–water partition coefficient (Wildman–Crippen LogP) is 2.79. The lowest BCUT2D eigenvalue weighted by molar-refractivity contribution is -0.120. The van der Waals surface area contributed by atoms with Gasteiger partial charge in [0.2, 0.25) is 5.91 Å². The predicted molar refractivity (Wildman–Crippen MR) is 103 cm³/mol. The van der Waals surface area contributed by atoms with Gasteiger partial charge in [0.05, 0.1) is 5.39 Å². The zero-order chi connectivity index (χ0) is 17.5. The van der Waals surface area contributed by atoms with Crippen molar-refractivity contribution in [1.82, 2.24) is 20.2 Å². The third-order valence-corrected chi connectivity index (χ3v) is 5.48.